The van der Waals surface area contributed by atoms with Crippen molar-refractivity contribution in [2.24, 2.45) is 46.8 Å². The molecule has 1 aromatic heterocycles. The van der Waals surface area contributed by atoms with Crippen molar-refractivity contribution in [3.05, 3.63) is 18.0 Å². The van der Waals surface area contributed by atoms with Crippen LogP contribution in [0.3, 0.4) is 0 Å². The minimum atomic E-state index is -0.277. The molecule has 4 nitrogen and oxygen atoms in total. The van der Waals surface area contributed by atoms with Crippen LogP contribution >= 0.6 is 0 Å². The molecule has 4 saturated carbocycles. The number of rotatable bonds is 4. The summed E-state index contributed by atoms with van der Waals surface area (Å²) < 4.78 is 1.68. The van der Waals surface area contributed by atoms with E-state index in [-0.39, 0.29) is 11.8 Å². The Morgan fingerprint density at radius 2 is 2.00 bits per heavy atom. The number of fused-ring (bicyclic) bond motifs is 5. The van der Waals surface area contributed by atoms with E-state index in [1.54, 1.807) is 17.1 Å². The fourth-order valence-corrected chi connectivity index (χ4v) is 8.70. The number of nitriles is 1. The van der Waals surface area contributed by atoms with Crippen LogP contribution in [0, 0.1) is 58.2 Å². The third-order valence-electron chi connectivity index (χ3n) is 10.5. The zero-order valence-electron chi connectivity index (χ0n) is 19.6. The minimum Gasteiger partial charge on any atom is -0.297 e. The second-order valence-corrected chi connectivity index (χ2v) is 11.8. The second kappa shape index (κ2) is 8.05. The van der Waals surface area contributed by atoms with Crippen LogP contribution < -0.4 is 0 Å². The maximum absolute atomic E-state index is 13.2. The molecule has 4 aliphatic carbocycles. The summed E-state index contributed by atoms with van der Waals surface area (Å²) in [6.45, 7) is 6.93. The van der Waals surface area contributed by atoms with E-state index < -0.39 is 0 Å². The Kier molecular flexibility index (Phi) is 5.51. The molecule has 0 amide bonds. The monoisotopic (exact) mass is 421 g/mol. The topological polar surface area (TPSA) is 58.7 Å². The summed E-state index contributed by atoms with van der Waals surface area (Å²) >= 11 is 0. The number of hydrogen-bond donors (Lipinski definition) is 0. The fourth-order valence-electron chi connectivity index (χ4n) is 8.70. The van der Waals surface area contributed by atoms with Gasteiger partial charge in [-0.3, -0.25) is 9.48 Å². The van der Waals surface area contributed by atoms with E-state index in [0.29, 0.717) is 23.3 Å². The SMILES string of the molecule is CC1CCC2C(CCC3C2CCC2(C)C(CC(=O)C(C)n4cc(C#N)cn4)CCC32)C1. The largest absolute Gasteiger partial charge is 0.297 e. The highest BCUT2D eigenvalue weighted by molar-refractivity contribution is 5.82. The molecule has 9 unspecified atom stereocenters. The Labute approximate surface area is 187 Å². The van der Waals surface area contributed by atoms with Crippen molar-refractivity contribution in [3.8, 4) is 6.07 Å². The number of aromatic nitrogens is 2. The van der Waals surface area contributed by atoms with Gasteiger partial charge in [-0.05, 0) is 105 Å². The summed E-state index contributed by atoms with van der Waals surface area (Å²) in [5.74, 6) is 6.44. The first kappa shape index (κ1) is 21.2. The summed E-state index contributed by atoms with van der Waals surface area (Å²) in [6.07, 6.45) is 16.5. The highest BCUT2D eigenvalue weighted by atomic mass is 16.1. The Hall–Kier alpha value is -1.63. The zero-order chi connectivity index (χ0) is 21.8. The van der Waals surface area contributed by atoms with Gasteiger partial charge in [-0.1, -0.05) is 20.3 Å². The summed E-state index contributed by atoms with van der Waals surface area (Å²) in [4.78, 5) is 13.2. The van der Waals surface area contributed by atoms with Gasteiger partial charge in [-0.15, -0.1) is 0 Å². The van der Waals surface area contributed by atoms with E-state index in [9.17, 15) is 4.79 Å². The molecule has 0 radical (unpaired) electrons. The van der Waals surface area contributed by atoms with E-state index in [1.807, 2.05) is 6.92 Å². The van der Waals surface area contributed by atoms with Crippen molar-refractivity contribution < 1.29 is 4.79 Å². The summed E-state index contributed by atoms with van der Waals surface area (Å²) in [7, 11) is 0. The van der Waals surface area contributed by atoms with Crippen LogP contribution in [0.25, 0.3) is 0 Å². The maximum Gasteiger partial charge on any atom is 0.157 e. The van der Waals surface area contributed by atoms with Crippen LogP contribution in [0.1, 0.15) is 96.6 Å². The summed E-state index contributed by atoms with van der Waals surface area (Å²) in [5.41, 5.74) is 0.867. The molecule has 9 atom stereocenters. The number of carbonyl (C=O) groups is 1. The Balaban J connectivity index is 1.27. The van der Waals surface area contributed by atoms with E-state index in [0.717, 1.165) is 35.5 Å². The smallest absolute Gasteiger partial charge is 0.157 e. The van der Waals surface area contributed by atoms with Crippen molar-refractivity contribution >= 4 is 5.78 Å². The Morgan fingerprint density at radius 1 is 1.19 bits per heavy atom. The van der Waals surface area contributed by atoms with E-state index in [1.165, 1.54) is 57.8 Å². The van der Waals surface area contributed by atoms with Crippen molar-refractivity contribution in [2.75, 3.05) is 0 Å². The van der Waals surface area contributed by atoms with Crippen LogP contribution in [0.15, 0.2) is 12.4 Å². The predicted octanol–water partition coefficient (Wildman–Crippen LogP) is 6.18. The molecule has 5 rings (SSSR count). The van der Waals surface area contributed by atoms with Crippen LogP contribution in [-0.2, 0) is 4.79 Å². The van der Waals surface area contributed by atoms with Crippen molar-refractivity contribution in [3.63, 3.8) is 0 Å². The van der Waals surface area contributed by atoms with Crippen molar-refractivity contribution in [2.45, 2.75) is 91.0 Å². The molecule has 1 heterocycles. The number of carbonyl (C=O) groups excluding carboxylic acids is 1. The van der Waals surface area contributed by atoms with Gasteiger partial charge in [0.1, 0.15) is 12.1 Å². The fraction of sp³-hybridized carbons (Fsp3) is 0.815. The number of Topliss-reactive ketones (excluding diaryl/α,β-unsaturated/α-hetero) is 1. The van der Waals surface area contributed by atoms with E-state index in [4.69, 9.17) is 5.26 Å². The minimum absolute atomic E-state index is 0.277. The Morgan fingerprint density at radius 3 is 2.77 bits per heavy atom. The molecule has 0 spiro atoms. The molecule has 4 fully saturated rings. The van der Waals surface area contributed by atoms with Crippen molar-refractivity contribution in [1.29, 1.82) is 5.26 Å². The van der Waals surface area contributed by atoms with Gasteiger partial charge >= 0.3 is 0 Å². The molecular formula is C27H39N3O. The van der Waals surface area contributed by atoms with Crippen LogP contribution in [0.5, 0.6) is 0 Å². The van der Waals surface area contributed by atoms with Gasteiger partial charge in [0.2, 0.25) is 0 Å². The first-order valence-electron chi connectivity index (χ1n) is 12.9. The lowest BCUT2D eigenvalue weighted by molar-refractivity contribution is -0.125. The normalized spacial score (nSPS) is 42.7. The lowest BCUT2D eigenvalue weighted by atomic mass is 9.49. The van der Waals surface area contributed by atoms with Gasteiger partial charge < -0.3 is 0 Å². The lowest BCUT2D eigenvalue weighted by Crippen LogP contribution is -2.48. The standard InChI is InChI=1S/C27H39N3O/c1-17-4-7-22-20(12-17)5-8-24-23(22)10-11-27(3)21(6-9-25(24)27)13-26(31)18(2)30-16-19(14-28)15-29-30/h15-18,20-25H,4-13H2,1-3H3. The highest BCUT2D eigenvalue weighted by Crippen LogP contribution is 2.65. The molecule has 0 aromatic carbocycles. The second-order valence-electron chi connectivity index (χ2n) is 11.8. The lowest BCUT2D eigenvalue weighted by Gasteiger charge is -2.56. The van der Waals surface area contributed by atoms with E-state index >= 15 is 0 Å². The predicted molar refractivity (Wildman–Crippen MR) is 121 cm³/mol. The zero-order valence-corrected chi connectivity index (χ0v) is 19.6. The number of hydrogen-bond acceptors (Lipinski definition) is 3. The van der Waals surface area contributed by atoms with Gasteiger partial charge in [-0.2, -0.15) is 10.4 Å². The summed E-state index contributed by atoms with van der Waals surface area (Å²) in [6, 6.07) is 1.83. The number of nitrogens with zero attached hydrogens (tertiary/aromatic N) is 3. The average molecular weight is 422 g/mol. The van der Waals surface area contributed by atoms with E-state index in [2.05, 4.69) is 25.0 Å². The quantitative estimate of drug-likeness (QED) is 0.583. The van der Waals surface area contributed by atoms with Crippen LogP contribution in [-0.4, -0.2) is 15.6 Å². The van der Waals surface area contributed by atoms with Gasteiger partial charge in [-0.25, -0.2) is 0 Å². The highest BCUT2D eigenvalue weighted by Gasteiger charge is 2.57. The van der Waals surface area contributed by atoms with Gasteiger partial charge in [0, 0.05) is 12.6 Å². The third kappa shape index (κ3) is 3.57. The molecule has 31 heavy (non-hydrogen) atoms. The van der Waals surface area contributed by atoms with Gasteiger partial charge in [0.25, 0.3) is 0 Å². The first-order chi connectivity index (χ1) is 14.9. The molecule has 0 aliphatic heterocycles. The molecule has 0 saturated heterocycles. The van der Waals surface area contributed by atoms with Crippen LogP contribution in [0.4, 0.5) is 0 Å². The summed E-state index contributed by atoms with van der Waals surface area (Å²) in [5, 5.41) is 13.3. The molecule has 1 aromatic rings. The molecule has 168 valence electrons. The molecule has 0 N–H and O–H groups in total. The molecule has 0 bridgehead atoms. The average Bonchev–Trinajstić information content (AvgIpc) is 3.37. The molecule has 4 aliphatic rings. The molecule has 4 heteroatoms. The van der Waals surface area contributed by atoms with Gasteiger partial charge in [0.05, 0.1) is 11.8 Å². The number of ketones is 1. The first-order valence-corrected chi connectivity index (χ1v) is 12.9. The van der Waals surface area contributed by atoms with Crippen molar-refractivity contribution in [1.82, 2.24) is 9.78 Å². The maximum atomic E-state index is 13.2. The Bertz CT molecular complexity index is 868. The van der Waals surface area contributed by atoms with Gasteiger partial charge in [0.15, 0.2) is 5.78 Å². The molecular weight excluding hydrogens is 382 g/mol. The third-order valence-corrected chi connectivity index (χ3v) is 10.5. The van der Waals surface area contributed by atoms with Crippen LogP contribution in [0.2, 0.25) is 0 Å².